The van der Waals surface area contributed by atoms with Crippen molar-refractivity contribution in [3.8, 4) is 0 Å². The van der Waals surface area contributed by atoms with Crippen LogP contribution in [0.3, 0.4) is 0 Å². The molecule has 2 heterocycles. The normalized spacial score (nSPS) is 26.8. The molecule has 0 bridgehead atoms. The van der Waals surface area contributed by atoms with E-state index in [2.05, 4.69) is 20.8 Å². The van der Waals surface area contributed by atoms with Crippen LogP contribution in [0.4, 0.5) is 9.93 Å². The lowest BCUT2D eigenvalue weighted by atomic mass is 9.73. The first-order valence-electron chi connectivity index (χ1n) is 8.22. The van der Waals surface area contributed by atoms with Crippen molar-refractivity contribution >= 4 is 34.3 Å². The van der Waals surface area contributed by atoms with Crippen molar-refractivity contribution in [3.05, 3.63) is 5.01 Å². The lowest BCUT2D eigenvalue weighted by Gasteiger charge is -2.36. The van der Waals surface area contributed by atoms with Crippen molar-refractivity contribution in [2.45, 2.75) is 51.5 Å². The van der Waals surface area contributed by atoms with Gasteiger partial charge in [-0.05, 0) is 25.2 Å². The number of aryl methyl sites for hydroxylation is 1. The van der Waals surface area contributed by atoms with Crippen LogP contribution in [-0.2, 0) is 16.0 Å². The SMILES string of the molecule is CCc1nnc(NC(=O)CN2C(=O)N[C@@]3(CCCC[C@H]3C)C2=O)s1. The molecule has 2 N–H and O–H groups in total. The third-order valence-electron chi connectivity index (χ3n) is 4.82. The zero-order chi connectivity index (χ0) is 17.3. The van der Waals surface area contributed by atoms with Gasteiger partial charge in [0.2, 0.25) is 11.0 Å². The van der Waals surface area contributed by atoms with Crippen LogP contribution in [0.25, 0.3) is 0 Å². The minimum atomic E-state index is -0.840. The second-order valence-electron chi connectivity index (χ2n) is 6.34. The number of anilines is 1. The van der Waals surface area contributed by atoms with Gasteiger partial charge in [0.15, 0.2) is 0 Å². The molecule has 4 amide bonds. The molecule has 2 atom stereocenters. The monoisotopic (exact) mass is 351 g/mol. The molecule has 1 saturated carbocycles. The summed E-state index contributed by atoms with van der Waals surface area (Å²) in [7, 11) is 0. The fraction of sp³-hybridized carbons (Fsp3) is 0.667. The fourth-order valence-corrected chi connectivity index (χ4v) is 4.08. The maximum absolute atomic E-state index is 12.8. The van der Waals surface area contributed by atoms with Crippen molar-refractivity contribution in [2.75, 3.05) is 11.9 Å². The van der Waals surface area contributed by atoms with E-state index in [1.165, 1.54) is 11.3 Å². The average molecular weight is 351 g/mol. The molecule has 130 valence electrons. The Morgan fingerprint density at radius 1 is 1.42 bits per heavy atom. The fourth-order valence-electron chi connectivity index (χ4n) is 3.39. The van der Waals surface area contributed by atoms with E-state index in [1.54, 1.807) is 0 Å². The summed E-state index contributed by atoms with van der Waals surface area (Å²) in [5.41, 5.74) is -0.840. The number of hydrogen-bond donors (Lipinski definition) is 2. The molecule has 1 aromatic heterocycles. The third kappa shape index (κ3) is 2.88. The Kier molecular flexibility index (Phi) is 4.53. The lowest BCUT2D eigenvalue weighted by Crippen LogP contribution is -2.54. The smallest absolute Gasteiger partial charge is 0.323 e. The molecule has 1 aromatic rings. The molecule has 1 aliphatic carbocycles. The number of nitrogens with zero attached hydrogens (tertiary/aromatic N) is 3. The molecule has 0 radical (unpaired) electrons. The Hall–Kier alpha value is -2.03. The zero-order valence-corrected chi connectivity index (χ0v) is 14.6. The van der Waals surface area contributed by atoms with Crippen LogP contribution < -0.4 is 10.6 Å². The van der Waals surface area contributed by atoms with Crippen LogP contribution in [0.15, 0.2) is 0 Å². The molecule has 9 heteroatoms. The number of aromatic nitrogens is 2. The standard InChI is InChI=1S/C15H21N5O3S/c1-3-11-18-19-13(24-11)16-10(21)8-20-12(22)15(17-14(20)23)7-5-4-6-9(15)2/h9H,3-8H2,1-2H3,(H,17,23)(H,16,19,21)/t9-,15-/m1/s1. The number of urea groups is 1. The lowest BCUT2D eigenvalue weighted by molar-refractivity contribution is -0.136. The van der Waals surface area contributed by atoms with Gasteiger partial charge in [-0.15, -0.1) is 10.2 Å². The van der Waals surface area contributed by atoms with Gasteiger partial charge in [0.25, 0.3) is 5.91 Å². The van der Waals surface area contributed by atoms with Crippen molar-refractivity contribution in [2.24, 2.45) is 5.92 Å². The van der Waals surface area contributed by atoms with Gasteiger partial charge in [0.1, 0.15) is 17.1 Å². The summed E-state index contributed by atoms with van der Waals surface area (Å²) >= 11 is 1.28. The van der Waals surface area contributed by atoms with Gasteiger partial charge in [-0.25, -0.2) is 4.79 Å². The molecule has 24 heavy (non-hydrogen) atoms. The highest BCUT2D eigenvalue weighted by Gasteiger charge is 2.55. The van der Waals surface area contributed by atoms with E-state index in [0.717, 1.165) is 35.6 Å². The predicted octanol–water partition coefficient (Wildman–Crippen LogP) is 1.54. The summed E-state index contributed by atoms with van der Waals surface area (Å²) in [6, 6.07) is -0.490. The molecule has 1 aliphatic heterocycles. The molecule has 2 aliphatic rings. The Morgan fingerprint density at radius 3 is 2.88 bits per heavy atom. The molecular formula is C15H21N5O3S. The van der Waals surface area contributed by atoms with E-state index in [-0.39, 0.29) is 18.4 Å². The summed E-state index contributed by atoms with van der Waals surface area (Å²) < 4.78 is 0. The van der Waals surface area contributed by atoms with Crippen LogP contribution >= 0.6 is 11.3 Å². The molecule has 0 aromatic carbocycles. The predicted molar refractivity (Wildman–Crippen MR) is 88.5 cm³/mol. The second-order valence-corrected chi connectivity index (χ2v) is 7.40. The minimum Gasteiger partial charge on any atom is -0.323 e. The van der Waals surface area contributed by atoms with E-state index >= 15 is 0 Å². The highest BCUT2D eigenvalue weighted by Crippen LogP contribution is 2.38. The Bertz CT molecular complexity index is 676. The molecule has 8 nitrogen and oxygen atoms in total. The van der Waals surface area contributed by atoms with Crippen molar-refractivity contribution < 1.29 is 14.4 Å². The topological polar surface area (TPSA) is 104 Å². The molecular weight excluding hydrogens is 330 g/mol. The third-order valence-corrected chi connectivity index (χ3v) is 5.80. The van der Waals surface area contributed by atoms with Gasteiger partial charge in [-0.3, -0.25) is 19.8 Å². The van der Waals surface area contributed by atoms with Crippen molar-refractivity contribution in [1.82, 2.24) is 20.4 Å². The number of amides is 4. The van der Waals surface area contributed by atoms with Crippen molar-refractivity contribution in [1.29, 1.82) is 0 Å². The minimum absolute atomic E-state index is 0.0750. The van der Waals surface area contributed by atoms with Gasteiger partial charge < -0.3 is 5.32 Å². The molecule has 1 spiro atoms. The largest absolute Gasteiger partial charge is 0.325 e. The highest BCUT2D eigenvalue weighted by molar-refractivity contribution is 7.15. The molecule has 1 saturated heterocycles. The Labute approximate surface area is 144 Å². The summed E-state index contributed by atoms with van der Waals surface area (Å²) in [4.78, 5) is 38.2. The first-order valence-corrected chi connectivity index (χ1v) is 9.04. The Morgan fingerprint density at radius 2 is 2.21 bits per heavy atom. The number of carbonyl (C=O) groups excluding carboxylic acids is 3. The van der Waals surface area contributed by atoms with Gasteiger partial charge in [0, 0.05) is 0 Å². The van der Waals surface area contributed by atoms with Crippen LogP contribution in [-0.4, -0.2) is 45.0 Å². The number of imide groups is 1. The summed E-state index contributed by atoms with van der Waals surface area (Å²) in [5.74, 6) is -0.662. The quantitative estimate of drug-likeness (QED) is 0.801. The van der Waals surface area contributed by atoms with Crippen LogP contribution in [0, 0.1) is 5.92 Å². The van der Waals surface area contributed by atoms with E-state index in [9.17, 15) is 14.4 Å². The van der Waals surface area contributed by atoms with Crippen LogP contribution in [0.1, 0.15) is 44.5 Å². The van der Waals surface area contributed by atoms with Crippen LogP contribution in [0.5, 0.6) is 0 Å². The van der Waals surface area contributed by atoms with Gasteiger partial charge in [-0.2, -0.15) is 0 Å². The Balaban J connectivity index is 1.67. The van der Waals surface area contributed by atoms with Crippen molar-refractivity contribution in [3.63, 3.8) is 0 Å². The van der Waals surface area contributed by atoms with Gasteiger partial charge in [-0.1, -0.05) is 38.0 Å². The zero-order valence-electron chi connectivity index (χ0n) is 13.8. The summed E-state index contributed by atoms with van der Waals surface area (Å²) in [6.45, 7) is 3.62. The average Bonchev–Trinajstić information content (AvgIpc) is 3.09. The van der Waals surface area contributed by atoms with E-state index < -0.39 is 17.5 Å². The number of carbonyl (C=O) groups is 3. The molecule has 2 fully saturated rings. The van der Waals surface area contributed by atoms with E-state index in [1.807, 2.05) is 13.8 Å². The maximum atomic E-state index is 12.8. The van der Waals surface area contributed by atoms with Crippen LogP contribution in [0.2, 0.25) is 0 Å². The number of nitrogens with one attached hydrogen (secondary N) is 2. The van der Waals surface area contributed by atoms with E-state index in [4.69, 9.17) is 0 Å². The van der Waals surface area contributed by atoms with E-state index in [0.29, 0.717) is 11.6 Å². The maximum Gasteiger partial charge on any atom is 0.325 e. The molecule has 0 unspecified atom stereocenters. The first kappa shape index (κ1) is 16.8. The van der Waals surface area contributed by atoms with Gasteiger partial charge >= 0.3 is 6.03 Å². The number of hydrogen-bond acceptors (Lipinski definition) is 6. The second kappa shape index (κ2) is 6.46. The number of rotatable bonds is 4. The van der Waals surface area contributed by atoms with Gasteiger partial charge in [0.05, 0.1) is 0 Å². The summed E-state index contributed by atoms with van der Waals surface area (Å²) in [5, 5.41) is 14.4. The highest BCUT2D eigenvalue weighted by atomic mass is 32.1. The first-order chi connectivity index (χ1) is 11.5. The molecule has 3 rings (SSSR count). The summed E-state index contributed by atoms with van der Waals surface area (Å²) in [6.07, 6.45) is 4.23.